The number of pyridine rings is 1. The molecule has 96 valence electrons. The maximum atomic E-state index is 12.1. The average molecular weight is 249 g/mol. The van der Waals surface area contributed by atoms with E-state index in [0.717, 1.165) is 0 Å². The maximum Gasteiger partial charge on any atom is 0.508 e. The predicted octanol–water partition coefficient (Wildman–Crippen LogP) is -0.929. The van der Waals surface area contributed by atoms with Crippen LogP contribution in [0.5, 0.6) is 0 Å². The van der Waals surface area contributed by atoms with Crippen LogP contribution in [-0.4, -0.2) is 31.3 Å². The zero-order valence-electron chi connectivity index (χ0n) is 10.7. The van der Waals surface area contributed by atoms with Gasteiger partial charge >= 0.3 is 12.8 Å². The van der Waals surface area contributed by atoms with Crippen molar-refractivity contribution in [2.24, 2.45) is 13.0 Å². The van der Waals surface area contributed by atoms with Crippen LogP contribution in [0.2, 0.25) is 0 Å². The second kappa shape index (κ2) is 4.58. The molecule has 0 aliphatic rings. The summed E-state index contributed by atoms with van der Waals surface area (Å²) in [7, 11) is 0.000115. The van der Waals surface area contributed by atoms with Gasteiger partial charge in [-0.1, -0.05) is 13.8 Å². The molecule has 0 saturated heterocycles. The van der Waals surface area contributed by atoms with Crippen molar-refractivity contribution in [3.05, 3.63) is 22.6 Å². The molecule has 0 atom stereocenters. The van der Waals surface area contributed by atoms with Gasteiger partial charge in [0, 0.05) is 13.6 Å². The molecule has 2 N–H and O–H groups in total. The summed E-state index contributed by atoms with van der Waals surface area (Å²) in [5, 5.41) is 18.2. The quantitative estimate of drug-likeness (QED) is 0.689. The van der Waals surface area contributed by atoms with Gasteiger partial charge in [-0.3, -0.25) is 9.13 Å². The minimum absolute atomic E-state index is 0.139. The zero-order chi connectivity index (χ0) is 13.4. The highest BCUT2D eigenvalue weighted by molar-refractivity contribution is 6.57. The lowest BCUT2D eigenvalue weighted by molar-refractivity contribution is 0.424. The lowest BCUT2D eigenvalue weighted by Gasteiger charge is -2.06. The van der Waals surface area contributed by atoms with Crippen molar-refractivity contribution in [3.63, 3.8) is 0 Å². The van der Waals surface area contributed by atoms with Gasteiger partial charge in [-0.15, -0.1) is 0 Å². The van der Waals surface area contributed by atoms with Crippen LogP contribution in [0, 0.1) is 5.92 Å². The van der Waals surface area contributed by atoms with Crippen LogP contribution in [-0.2, 0) is 13.6 Å². The topological polar surface area (TPSA) is 80.3 Å². The molecular weight excluding hydrogens is 233 g/mol. The first-order chi connectivity index (χ1) is 8.41. The SMILES string of the molecule is CC(C)Cn1c(=O)n(C)c2nc(B(O)O)ccc21. The average Bonchev–Trinajstić information content (AvgIpc) is 2.54. The van der Waals surface area contributed by atoms with Crippen LogP contribution in [0.4, 0.5) is 0 Å². The van der Waals surface area contributed by atoms with Gasteiger partial charge in [-0.05, 0) is 18.1 Å². The molecule has 0 spiro atoms. The van der Waals surface area contributed by atoms with Crippen molar-refractivity contribution in [3.8, 4) is 0 Å². The Hall–Kier alpha value is -1.60. The van der Waals surface area contributed by atoms with Gasteiger partial charge in [0.1, 0.15) is 0 Å². The third-order valence-corrected chi connectivity index (χ3v) is 2.81. The van der Waals surface area contributed by atoms with Crippen LogP contribution in [0.15, 0.2) is 16.9 Å². The van der Waals surface area contributed by atoms with Crippen LogP contribution in [0.1, 0.15) is 13.8 Å². The Morgan fingerprint density at radius 3 is 2.61 bits per heavy atom. The molecule has 0 unspecified atom stereocenters. The van der Waals surface area contributed by atoms with Gasteiger partial charge in [0.25, 0.3) is 0 Å². The molecule has 0 aliphatic carbocycles. The number of hydrogen-bond donors (Lipinski definition) is 2. The summed E-state index contributed by atoms with van der Waals surface area (Å²) < 4.78 is 3.07. The van der Waals surface area contributed by atoms with Gasteiger partial charge in [-0.2, -0.15) is 0 Å². The number of nitrogens with zero attached hydrogens (tertiary/aromatic N) is 3. The van der Waals surface area contributed by atoms with E-state index in [9.17, 15) is 4.79 Å². The minimum Gasteiger partial charge on any atom is -0.422 e. The van der Waals surface area contributed by atoms with E-state index in [1.807, 2.05) is 13.8 Å². The summed E-state index contributed by atoms with van der Waals surface area (Å²) in [6.07, 6.45) is 0. The van der Waals surface area contributed by atoms with Crippen molar-refractivity contribution in [2.75, 3.05) is 0 Å². The zero-order valence-corrected chi connectivity index (χ0v) is 10.7. The van der Waals surface area contributed by atoms with Crippen LogP contribution < -0.4 is 11.3 Å². The standard InChI is InChI=1S/C11H16BN3O3/c1-7(2)6-15-8-4-5-9(12(17)18)13-10(8)14(3)11(15)16/h4-5,7,17-18H,6H2,1-3H3. The third-order valence-electron chi connectivity index (χ3n) is 2.81. The molecule has 0 saturated carbocycles. The van der Waals surface area contributed by atoms with Gasteiger partial charge in [0.05, 0.1) is 11.1 Å². The summed E-state index contributed by atoms with van der Waals surface area (Å²) in [6, 6.07) is 3.21. The molecule has 2 rings (SSSR count). The smallest absolute Gasteiger partial charge is 0.422 e. The Morgan fingerprint density at radius 1 is 1.39 bits per heavy atom. The summed E-state index contributed by atoms with van der Waals surface area (Å²) in [5.41, 5.74) is 1.17. The first kappa shape index (κ1) is 12.9. The monoisotopic (exact) mass is 249 g/mol. The van der Waals surface area contributed by atoms with Gasteiger partial charge in [-0.25, -0.2) is 9.78 Å². The Bertz CT molecular complexity index is 630. The molecule has 0 bridgehead atoms. The van der Waals surface area contributed by atoms with Gasteiger partial charge in [0.2, 0.25) is 0 Å². The number of fused-ring (bicyclic) bond motifs is 1. The third kappa shape index (κ3) is 2.06. The second-order valence-electron chi connectivity index (χ2n) is 4.80. The fourth-order valence-corrected chi connectivity index (χ4v) is 1.97. The first-order valence-corrected chi connectivity index (χ1v) is 5.84. The maximum absolute atomic E-state index is 12.1. The molecule has 7 heteroatoms. The van der Waals surface area contributed by atoms with E-state index in [-0.39, 0.29) is 11.3 Å². The van der Waals surface area contributed by atoms with Crippen molar-refractivity contribution < 1.29 is 10.0 Å². The summed E-state index contributed by atoms with van der Waals surface area (Å²) >= 11 is 0. The van der Waals surface area contributed by atoms with Crippen LogP contribution in [0.3, 0.4) is 0 Å². The number of aryl methyl sites for hydroxylation is 1. The molecule has 2 aromatic heterocycles. The van der Waals surface area contributed by atoms with E-state index in [4.69, 9.17) is 10.0 Å². The summed E-state index contributed by atoms with van der Waals surface area (Å²) in [6.45, 7) is 4.67. The molecule has 0 radical (unpaired) electrons. The number of rotatable bonds is 3. The number of aromatic nitrogens is 3. The molecule has 0 aliphatic heterocycles. The summed E-state index contributed by atoms with van der Waals surface area (Å²) in [5.74, 6) is 0.344. The fraction of sp³-hybridized carbons (Fsp3) is 0.455. The highest BCUT2D eigenvalue weighted by Gasteiger charge is 2.17. The Kier molecular flexibility index (Phi) is 3.27. The van der Waals surface area contributed by atoms with E-state index in [0.29, 0.717) is 23.6 Å². The molecule has 2 aromatic rings. The van der Waals surface area contributed by atoms with Crippen LogP contribution in [0.25, 0.3) is 11.2 Å². The van der Waals surface area contributed by atoms with E-state index in [1.54, 1.807) is 17.7 Å². The van der Waals surface area contributed by atoms with Gasteiger partial charge < -0.3 is 10.0 Å². The molecule has 0 aromatic carbocycles. The highest BCUT2D eigenvalue weighted by atomic mass is 16.4. The summed E-state index contributed by atoms with van der Waals surface area (Å²) in [4.78, 5) is 16.2. The largest absolute Gasteiger partial charge is 0.508 e. The number of imidazole rings is 1. The molecule has 2 heterocycles. The van der Waals surface area contributed by atoms with E-state index < -0.39 is 7.12 Å². The molecule has 0 amide bonds. The minimum atomic E-state index is -1.63. The molecule has 0 fully saturated rings. The second-order valence-corrected chi connectivity index (χ2v) is 4.80. The van der Waals surface area contributed by atoms with Crippen molar-refractivity contribution in [1.29, 1.82) is 0 Å². The Labute approximate surface area is 105 Å². The Morgan fingerprint density at radius 2 is 2.06 bits per heavy atom. The predicted molar refractivity (Wildman–Crippen MR) is 69.6 cm³/mol. The Balaban J connectivity index is 2.68. The first-order valence-electron chi connectivity index (χ1n) is 5.84. The van der Waals surface area contributed by atoms with Crippen molar-refractivity contribution in [2.45, 2.75) is 20.4 Å². The molecule has 6 nitrogen and oxygen atoms in total. The van der Waals surface area contributed by atoms with Crippen molar-refractivity contribution >= 4 is 23.9 Å². The van der Waals surface area contributed by atoms with Crippen molar-refractivity contribution in [1.82, 2.24) is 14.1 Å². The highest BCUT2D eigenvalue weighted by Crippen LogP contribution is 2.10. The number of hydrogen-bond acceptors (Lipinski definition) is 4. The lowest BCUT2D eigenvalue weighted by atomic mass is 9.86. The molecular formula is C11H16BN3O3. The van der Waals surface area contributed by atoms with Crippen LogP contribution >= 0.6 is 0 Å². The fourth-order valence-electron chi connectivity index (χ4n) is 1.97. The van der Waals surface area contributed by atoms with E-state index >= 15 is 0 Å². The molecule has 18 heavy (non-hydrogen) atoms. The van der Waals surface area contributed by atoms with E-state index in [1.165, 1.54) is 10.6 Å². The normalized spacial score (nSPS) is 11.4. The lowest BCUT2D eigenvalue weighted by Crippen LogP contribution is -2.32. The van der Waals surface area contributed by atoms with Gasteiger partial charge in [0.15, 0.2) is 5.65 Å². The van der Waals surface area contributed by atoms with E-state index in [2.05, 4.69) is 4.98 Å².